The van der Waals surface area contributed by atoms with Crippen molar-refractivity contribution in [3.05, 3.63) is 88.2 Å². The molecule has 0 radical (unpaired) electrons. The van der Waals surface area contributed by atoms with Crippen molar-refractivity contribution in [3.8, 4) is 11.3 Å². The minimum Gasteiger partial charge on any atom is -0.469 e. The number of nitrogens with one attached hydrogen (secondary N) is 1. The molecule has 0 bridgehead atoms. The second kappa shape index (κ2) is 8.78. The minimum absolute atomic E-state index is 0.0166. The maximum Gasteiger partial charge on any atom is 0.316 e. The lowest BCUT2D eigenvalue weighted by Gasteiger charge is -2.10. The molecule has 3 aromatic heterocycles. The summed E-state index contributed by atoms with van der Waals surface area (Å²) < 4.78 is 11.6. The molecule has 4 aromatic rings. The van der Waals surface area contributed by atoms with Gasteiger partial charge in [0.25, 0.3) is 5.56 Å². The van der Waals surface area contributed by atoms with E-state index in [2.05, 4.69) is 20.6 Å². The van der Waals surface area contributed by atoms with Crippen molar-refractivity contribution in [1.82, 2.24) is 25.2 Å². The number of carbonyl (C=O) groups excluding carboxylic acids is 1. The molecular weight excluding hydrogens is 398 g/mol. The molecule has 0 aliphatic carbocycles. The van der Waals surface area contributed by atoms with E-state index >= 15 is 0 Å². The van der Waals surface area contributed by atoms with Gasteiger partial charge < -0.3 is 14.3 Å². The zero-order chi connectivity index (χ0) is 21.8. The molecule has 1 aromatic carbocycles. The van der Waals surface area contributed by atoms with E-state index in [-0.39, 0.29) is 29.9 Å². The van der Waals surface area contributed by atoms with Crippen LogP contribution in [-0.2, 0) is 13.0 Å². The molecule has 0 fully saturated rings. The number of benzene rings is 1. The highest BCUT2D eigenvalue weighted by Gasteiger charge is 2.18. The van der Waals surface area contributed by atoms with Crippen LogP contribution in [0.15, 0.2) is 68.5 Å². The highest BCUT2D eigenvalue weighted by molar-refractivity contribution is 5.89. The fraction of sp³-hybridized carbons (Fsp3) is 0.227. The molecule has 0 saturated carbocycles. The van der Waals surface area contributed by atoms with Crippen molar-refractivity contribution < 1.29 is 13.7 Å². The Bertz CT molecular complexity index is 1230. The lowest BCUT2D eigenvalue weighted by atomic mass is 10.1. The average Bonchev–Trinajstić information content (AvgIpc) is 3.42. The Morgan fingerprint density at radius 3 is 2.71 bits per heavy atom. The van der Waals surface area contributed by atoms with Crippen molar-refractivity contribution in [2.45, 2.75) is 32.9 Å². The first kappa shape index (κ1) is 20.3. The topological polar surface area (TPSA) is 116 Å². The largest absolute Gasteiger partial charge is 0.469 e. The summed E-state index contributed by atoms with van der Waals surface area (Å²) in [4.78, 5) is 28.7. The molecule has 0 aliphatic heterocycles. The summed E-state index contributed by atoms with van der Waals surface area (Å²) in [7, 11) is 0. The van der Waals surface area contributed by atoms with Crippen LogP contribution in [0.5, 0.6) is 0 Å². The van der Waals surface area contributed by atoms with Gasteiger partial charge in [0.2, 0.25) is 0 Å². The molecule has 0 unspecified atom stereocenters. The molecule has 0 aliphatic rings. The van der Waals surface area contributed by atoms with Gasteiger partial charge in [-0.15, -0.1) is 0 Å². The van der Waals surface area contributed by atoms with Crippen molar-refractivity contribution >= 4 is 5.91 Å². The van der Waals surface area contributed by atoms with Crippen LogP contribution in [0.4, 0.5) is 0 Å². The molecule has 1 amide bonds. The van der Waals surface area contributed by atoms with Crippen molar-refractivity contribution in [2.24, 2.45) is 0 Å². The average molecular weight is 419 g/mol. The van der Waals surface area contributed by atoms with Crippen LogP contribution in [0.3, 0.4) is 0 Å². The summed E-state index contributed by atoms with van der Waals surface area (Å²) in [5, 5.41) is 11.0. The van der Waals surface area contributed by atoms with Crippen molar-refractivity contribution in [3.63, 3.8) is 0 Å². The zero-order valence-corrected chi connectivity index (χ0v) is 17.1. The van der Waals surface area contributed by atoms with Crippen LogP contribution in [-0.4, -0.2) is 31.9 Å². The predicted octanol–water partition coefficient (Wildman–Crippen LogP) is 2.60. The molecular formula is C22H21N5O4. The van der Waals surface area contributed by atoms with Gasteiger partial charge in [0.1, 0.15) is 12.3 Å². The van der Waals surface area contributed by atoms with Crippen molar-refractivity contribution in [2.75, 3.05) is 0 Å². The van der Waals surface area contributed by atoms with Gasteiger partial charge in [-0.25, -0.2) is 4.68 Å². The first-order chi connectivity index (χ1) is 15.0. The van der Waals surface area contributed by atoms with Crippen LogP contribution in [0, 0.1) is 6.92 Å². The quantitative estimate of drug-likeness (QED) is 0.489. The van der Waals surface area contributed by atoms with Gasteiger partial charge in [-0.3, -0.25) is 9.59 Å². The number of aryl methyl sites for hydroxylation is 1. The van der Waals surface area contributed by atoms with Gasteiger partial charge in [0.15, 0.2) is 5.82 Å². The minimum atomic E-state index is -0.494. The SMILES string of the molecule is Cc1ccc(-c2ccc(=O)n(Cc3noc(C(=O)N[C@H](C)Cc4ccco4)n3)n2)cc1. The Balaban J connectivity index is 1.44. The Hall–Kier alpha value is -4.01. The van der Waals surface area contributed by atoms with Crippen LogP contribution < -0.4 is 10.9 Å². The van der Waals surface area contributed by atoms with E-state index in [1.54, 1.807) is 18.4 Å². The molecule has 9 heteroatoms. The van der Waals surface area contributed by atoms with E-state index in [4.69, 9.17) is 8.94 Å². The van der Waals surface area contributed by atoms with E-state index in [1.165, 1.54) is 10.7 Å². The van der Waals surface area contributed by atoms with Gasteiger partial charge in [0.05, 0.1) is 12.0 Å². The summed E-state index contributed by atoms with van der Waals surface area (Å²) in [5.41, 5.74) is 2.36. The number of amides is 1. The van der Waals surface area contributed by atoms with Gasteiger partial charge in [0, 0.05) is 24.1 Å². The number of rotatable bonds is 7. The zero-order valence-electron chi connectivity index (χ0n) is 17.1. The van der Waals surface area contributed by atoms with Gasteiger partial charge >= 0.3 is 11.8 Å². The molecule has 31 heavy (non-hydrogen) atoms. The summed E-state index contributed by atoms with van der Waals surface area (Å²) in [6, 6.07) is 14.4. The Kier molecular flexibility index (Phi) is 5.74. The third kappa shape index (κ3) is 4.95. The molecule has 4 rings (SSSR count). The van der Waals surface area contributed by atoms with Crippen molar-refractivity contribution in [1.29, 1.82) is 0 Å². The highest BCUT2D eigenvalue weighted by Crippen LogP contribution is 2.16. The number of nitrogens with zero attached hydrogens (tertiary/aromatic N) is 4. The van der Waals surface area contributed by atoms with E-state index < -0.39 is 5.91 Å². The smallest absolute Gasteiger partial charge is 0.316 e. The summed E-state index contributed by atoms with van der Waals surface area (Å²) in [6.45, 7) is 3.83. The first-order valence-electron chi connectivity index (χ1n) is 9.79. The number of carbonyl (C=O) groups is 1. The summed E-state index contributed by atoms with van der Waals surface area (Å²) >= 11 is 0. The number of hydrogen-bond donors (Lipinski definition) is 1. The Morgan fingerprint density at radius 2 is 1.97 bits per heavy atom. The molecule has 3 heterocycles. The first-order valence-corrected chi connectivity index (χ1v) is 9.79. The standard InChI is InChI=1S/C22H21N5O4/c1-14-5-7-16(8-6-14)18-9-10-20(28)27(25-18)13-19-24-22(31-26-19)21(29)23-15(2)12-17-4-3-11-30-17/h3-11,15H,12-13H2,1-2H3,(H,23,29)/t15-/m1/s1. The van der Waals surface area contributed by atoms with E-state index in [0.29, 0.717) is 12.1 Å². The third-order valence-corrected chi connectivity index (χ3v) is 4.63. The van der Waals surface area contributed by atoms with Crippen LogP contribution in [0.1, 0.15) is 34.8 Å². The molecule has 0 saturated heterocycles. The molecule has 9 nitrogen and oxygen atoms in total. The van der Waals surface area contributed by atoms with Gasteiger partial charge in [-0.2, -0.15) is 10.1 Å². The van der Waals surface area contributed by atoms with Crippen LogP contribution in [0.2, 0.25) is 0 Å². The molecule has 1 N–H and O–H groups in total. The summed E-state index contributed by atoms with van der Waals surface area (Å²) in [5.74, 6) is 0.271. The number of hydrogen-bond acceptors (Lipinski definition) is 7. The van der Waals surface area contributed by atoms with E-state index in [1.807, 2.05) is 44.2 Å². The highest BCUT2D eigenvalue weighted by atomic mass is 16.5. The van der Waals surface area contributed by atoms with Crippen LogP contribution in [0.25, 0.3) is 11.3 Å². The predicted molar refractivity (Wildman–Crippen MR) is 111 cm³/mol. The lowest BCUT2D eigenvalue weighted by molar-refractivity contribution is 0.0895. The molecule has 0 spiro atoms. The fourth-order valence-electron chi connectivity index (χ4n) is 3.05. The summed E-state index contributed by atoms with van der Waals surface area (Å²) in [6.07, 6.45) is 2.11. The Morgan fingerprint density at radius 1 is 1.16 bits per heavy atom. The normalized spacial score (nSPS) is 11.9. The molecule has 1 atom stereocenters. The van der Waals surface area contributed by atoms with Gasteiger partial charge in [-0.05, 0) is 32.0 Å². The van der Waals surface area contributed by atoms with E-state index in [0.717, 1.165) is 16.9 Å². The van der Waals surface area contributed by atoms with Gasteiger partial charge in [-0.1, -0.05) is 35.0 Å². The maximum atomic E-state index is 12.4. The molecule has 158 valence electrons. The monoisotopic (exact) mass is 419 g/mol. The fourth-order valence-corrected chi connectivity index (χ4v) is 3.05. The third-order valence-electron chi connectivity index (χ3n) is 4.63. The van der Waals surface area contributed by atoms with Crippen LogP contribution >= 0.6 is 0 Å². The second-order valence-corrected chi connectivity index (χ2v) is 7.25. The lowest BCUT2D eigenvalue weighted by Crippen LogP contribution is -2.34. The number of aromatic nitrogens is 4. The Labute approximate surface area is 177 Å². The number of furan rings is 1. The second-order valence-electron chi connectivity index (χ2n) is 7.25. The maximum absolute atomic E-state index is 12.4. The van der Waals surface area contributed by atoms with E-state index in [9.17, 15) is 9.59 Å².